The lowest BCUT2D eigenvalue weighted by atomic mass is 9.77. The van der Waals surface area contributed by atoms with Crippen molar-refractivity contribution in [1.82, 2.24) is 4.90 Å². The number of benzene rings is 2. The summed E-state index contributed by atoms with van der Waals surface area (Å²) in [7, 11) is 3.62. The van der Waals surface area contributed by atoms with E-state index in [2.05, 4.69) is 10.5 Å². The van der Waals surface area contributed by atoms with Gasteiger partial charge < -0.3 is 15.1 Å². The number of phenols is 1. The van der Waals surface area contributed by atoms with Crippen molar-refractivity contribution in [3.8, 4) is 5.75 Å². The second-order valence-corrected chi connectivity index (χ2v) is 10.9. The van der Waals surface area contributed by atoms with Gasteiger partial charge in [0.05, 0.1) is 27.3 Å². The number of hydrazone groups is 1. The Bertz CT molecular complexity index is 1390. The molecule has 2 atom stereocenters. The van der Waals surface area contributed by atoms with Gasteiger partial charge in [-0.1, -0.05) is 41.8 Å². The van der Waals surface area contributed by atoms with Crippen LogP contribution in [0.1, 0.15) is 44.1 Å². The molecule has 3 N–H and O–H groups in total. The molecule has 2 aromatic rings. The van der Waals surface area contributed by atoms with Crippen molar-refractivity contribution < 1.29 is 24.6 Å². The number of imide groups is 1. The highest BCUT2D eigenvalue weighted by molar-refractivity contribution is 6.57. The van der Waals surface area contributed by atoms with Crippen molar-refractivity contribution in [3.05, 3.63) is 63.2 Å². The molecule has 2 amide bonds. The van der Waals surface area contributed by atoms with Gasteiger partial charge in [0, 0.05) is 12.1 Å². The molecule has 0 saturated heterocycles. The minimum Gasteiger partial charge on any atom is -0.505 e. The van der Waals surface area contributed by atoms with Gasteiger partial charge in [0.1, 0.15) is 5.75 Å². The molecule has 9 nitrogen and oxygen atoms in total. The Hall–Kier alpha value is -3.40. The molecule has 0 spiro atoms. The number of hydrogen-bond acceptors (Lipinski definition) is 7. The lowest BCUT2D eigenvalue weighted by molar-refractivity contribution is -0.143. The number of likely N-dealkylation sites (N-methyl/N-ethyl adjacent to an activating group) is 1. The summed E-state index contributed by atoms with van der Waals surface area (Å²) in [6.45, 7) is 1.92. The van der Waals surface area contributed by atoms with Crippen molar-refractivity contribution >= 4 is 58.1 Å². The number of phenolic OH excluding ortho intramolecular Hbond substituents is 1. The van der Waals surface area contributed by atoms with Crippen LogP contribution >= 0.6 is 23.2 Å². The molecule has 0 bridgehead atoms. The van der Waals surface area contributed by atoms with E-state index in [1.165, 1.54) is 18.2 Å². The third-order valence-electron chi connectivity index (χ3n) is 7.13. The lowest BCUT2D eigenvalue weighted by Gasteiger charge is -2.30. The van der Waals surface area contributed by atoms with Crippen LogP contribution in [-0.2, 0) is 14.4 Å². The Labute approximate surface area is 236 Å². The van der Waals surface area contributed by atoms with E-state index in [0.29, 0.717) is 29.6 Å². The molecule has 1 saturated carbocycles. The third kappa shape index (κ3) is 5.95. The summed E-state index contributed by atoms with van der Waals surface area (Å²) in [6, 6.07) is 9.63. The van der Waals surface area contributed by atoms with Gasteiger partial charge in [0.15, 0.2) is 5.71 Å². The summed E-state index contributed by atoms with van der Waals surface area (Å²) in [6.07, 6.45) is 2.59. The van der Waals surface area contributed by atoms with E-state index in [4.69, 9.17) is 23.2 Å². The fourth-order valence-electron chi connectivity index (χ4n) is 5.08. The Balaban J connectivity index is 1.70. The van der Waals surface area contributed by atoms with Crippen LogP contribution in [0, 0.1) is 5.92 Å². The van der Waals surface area contributed by atoms with Crippen LogP contribution in [0.25, 0.3) is 0 Å². The molecular weight excluding hydrogens is 543 g/mol. The summed E-state index contributed by atoms with van der Waals surface area (Å²) < 4.78 is 0. The fraction of sp³-hybridized carbons (Fsp3) is 0.357. The van der Waals surface area contributed by atoms with E-state index in [-0.39, 0.29) is 45.3 Å². The first-order valence-corrected chi connectivity index (χ1v) is 13.3. The third-order valence-corrected chi connectivity index (χ3v) is 7.87. The summed E-state index contributed by atoms with van der Waals surface area (Å²) in [5.74, 6) is -2.58. The van der Waals surface area contributed by atoms with E-state index in [1.54, 1.807) is 25.1 Å². The SMILES string of the molecule is CC1=C(CN(C)C)C(=O)N(c2ccc(Cl)c(Cl)c2)C(=O)C1=NNc1cccc(C2CCCC(C(=O)O)C2)c1O. The molecule has 2 unspecified atom stereocenters. The Morgan fingerprint density at radius 1 is 1.13 bits per heavy atom. The minimum atomic E-state index is -0.826. The molecule has 1 heterocycles. The monoisotopic (exact) mass is 572 g/mol. The van der Waals surface area contributed by atoms with E-state index in [9.17, 15) is 24.6 Å². The smallest absolute Gasteiger partial charge is 0.306 e. The second kappa shape index (κ2) is 11.8. The number of aromatic hydroxyl groups is 1. The number of carboxylic acids is 1. The number of nitrogens with one attached hydrogen (secondary N) is 1. The largest absolute Gasteiger partial charge is 0.505 e. The van der Waals surface area contributed by atoms with Crippen LogP contribution < -0.4 is 10.3 Å². The quantitative estimate of drug-likeness (QED) is 0.234. The number of anilines is 2. The first-order valence-electron chi connectivity index (χ1n) is 12.6. The average Bonchev–Trinajstić information content (AvgIpc) is 2.89. The molecule has 1 fully saturated rings. The molecule has 0 aromatic heterocycles. The first kappa shape index (κ1) is 28.6. The number of carbonyl (C=O) groups excluding carboxylic acids is 2. The molecule has 1 aliphatic carbocycles. The van der Waals surface area contributed by atoms with Gasteiger partial charge >= 0.3 is 5.97 Å². The molecule has 2 aliphatic rings. The Morgan fingerprint density at radius 2 is 1.87 bits per heavy atom. The standard InChI is InChI=1S/C28H30Cl2N4O5/c1-15-20(14-33(2)3)26(36)34(18-10-11-21(29)22(30)13-18)27(37)24(15)32-31-23-9-5-8-19(25(23)35)16-6-4-7-17(12-16)28(38)39/h5,8-11,13,16-17,31,35H,4,6-7,12,14H2,1-3H3,(H,38,39). The van der Waals surface area contributed by atoms with Crippen molar-refractivity contribution in [2.45, 2.75) is 38.5 Å². The summed E-state index contributed by atoms with van der Waals surface area (Å²) in [5.41, 5.74) is 4.76. The topological polar surface area (TPSA) is 123 Å². The van der Waals surface area contributed by atoms with Gasteiger partial charge in [-0.3, -0.25) is 19.8 Å². The highest BCUT2D eigenvalue weighted by Gasteiger charge is 2.38. The summed E-state index contributed by atoms with van der Waals surface area (Å²) >= 11 is 12.2. The number of para-hydroxylation sites is 1. The van der Waals surface area contributed by atoms with Crippen molar-refractivity contribution in [3.63, 3.8) is 0 Å². The molecule has 0 radical (unpaired) electrons. The molecule has 206 valence electrons. The zero-order valence-corrected chi connectivity index (χ0v) is 23.4. The fourth-order valence-corrected chi connectivity index (χ4v) is 5.38. The number of carbonyl (C=O) groups is 3. The lowest BCUT2D eigenvalue weighted by Crippen LogP contribution is -2.49. The molecular formula is C28H30Cl2N4O5. The Kier molecular flexibility index (Phi) is 8.64. The van der Waals surface area contributed by atoms with Crippen LogP contribution in [0.2, 0.25) is 10.0 Å². The molecule has 1 aliphatic heterocycles. The maximum absolute atomic E-state index is 13.6. The zero-order valence-electron chi connectivity index (χ0n) is 21.9. The second-order valence-electron chi connectivity index (χ2n) is 10.1. The number of rotatable bonds is 7. The van der Waals surface area contributed by atoms with E-state index in [0.717, 1.165) is 17.7 Å². The zero-order chi connectivity index (χ0) is 28.4. The van der Waals surface area contributed by atoms with Crippen LogP contribution in [-0.4, -0.2) is 59.2 Å². The van der Waals surface area contributed by atoms with Gasteiger partial charge in [-0.05, 0) is 81.6 Å². The van der Waals surface area contributed by atoms with Gasteiger partial charge in [-0.2, -0.15) is 5.10 Å². The highest BCUT2D eigenvalue weighted by Crippen LogP contribution is 2.42. The Morgan fingerprint density at radius 3 is 2.54 bits per heavy atom. The van der Waals surface area contributed by atoms with Crippen molar-refractivity contribution in [1.29, 1.82) is 0 Å². The van der Waals surface area contributed by atoms with E-state index in [1.807, 2.05) is 19.0 Å². The number of halogens is 2. The van der Waals surface area contributed by atoms with E-state index < -0.39 is 23.7 Å². The molecule has 4 rings (SSSR count). The van der Waals surface area contributed by atoms with Crippen LogP contribution in [0.5, 0.6) is 5.75 Å². The summed E-state index contributed by atoms with van der Waals surface area (Å²) in [4.78, 5) is 41.4. The maximum atomic E-state index is 13.6. The summed E-state index contributed by atoms with van der Waals surface area (Å²) in [5, 5.41) is 25.3. The van der Waals surface area contributed by atoms with Gasteiger partial charge in [0.25, 0.3) is 11.8 Å². The molecule has 2 aromatic carbocycles. The van der Waals surface area contributed by atoms with Crippen molar-refractivity contribution in [2.75, 3.05) is 31.0 Å². The van der Waals surface area contributed by atoms with Crippen LogP contribution in [0.4, 0.5) is 11.4 Å². The maximum Gasteiger partial charge on any atom is 0.306 e. The average molecular weight is 573 g/mol. The first-order chi connectivity index (χ1) is 18.5. The number of amides is 2. The van der Waals surface area contributed by atoms with E-state index >= 15 is 0 Å². The van der Waals surface area contributed by atoms with Gasteiger partial charge in [0.2, 0.25) is 0 Å². The number of nitrogens with zero attached hydrogens (tertiary/aromatic N) is 3. The molecule has 39 heavy (non-hydrogen) atoms. The predicted octanol–water partition coefficient (Wildman–Crippen LogP) is 5.28. The van der Waals surface area contributed by atoms with Gasteiger partial charge in [-0.15, -0.1) is 0 Å². The van der Waals surface area contributed by atoms with Crippen LogP contribution in [0.15, 0.2) is 52.6 Å². The predicted molar refractivity (Wildman–Crippen MR) is 152 cm³/mol. The number of aliphatic carboxylic acids is 1. The highest BCUT2D eigenvalue weighted by atomic mass is 35.5. The minimum absolute atomic E-state index is 0.00549. The number of hydrogen-bond donors (Lipinski definition) is 3. The normalized spacial score (nSPS) is 21.2. The van der Waals surface area contributed by atoms with Crippen LogP contribution in [0.3, 0.4) is 0 Å². The van der Waals surface area contributed by atoms with Gasteiger partial charge in [-0.25, -0.2) is 4.90 Å². The van der Waals surface area contributed by atoms with Crippen molar-refractivity contribution in [2.24, 2.45) is 11.0 Å². The molecule has 11 heteroatoms. The number of carboxylic acid groups (broad SMARTS) is 1.